The van der Waals surface area contributed by atoms with Gasteiger partial charge in [-0.05, 0) is 24.0 Å². The number of nitrogens with zero attached hydrogens (tertiary/aromatic N) is 1. The molecule has 0 spiro atoms. The number of carboxylic acid groups (broad SMARTS) is 1. The molecule has 1 fully saturated rings. The number of amides is 1. The maximum absolute atomic E-state index is 12.6. The van der Waals surface area contributed by atoms with Crippen molar-refractivity contribution in [3.05, 3.63) is 28.8 Å². The molecule has 114 valence electrons. The van der Waals surface area contributed by atoms with E-state index in [-0.39, 0.29) is 19.1 Å². The van der Waals surface area contributed by atoms with Gasteiger partial charge in [0.05, 0.1) is 18.7 Å². The van der Waals surface area contributed by atoms with Crippen molar-refractivity contribution in [2.45, 2.75) is 17.9 Å². The van der Waals surface area contributed by atoms with Gasteiger partial charge in [0.25, 0.3) is 5.91 Å². The number of morpholine rings is 1. The van der Waals surface area contributed by atoms with Crippen molar-refractivity contribution in [2.24, 2.45) is 0 Å². The minimum Gasteiger partial charge on any atom is -0.479 e. The van der Waals surface area contributed by atoms with Gasteiger partial charge in [-0.15, -0.1) is 11.8 Å². The van der Waals surface area contributed by atoms with Gasteiger partial charge < -0.3 is 14.7 Å². The van der Waals surface area contributed by atoms with Crippen LogP contribution in [0.3, 0.4) is 0 Å². The molecule has 0 aliphatic carbocycles. The molecule has 1 unspecified atom stereocenters. The Morgan fingerprint density at radius 2 is 2.29 bits per heavy atom. The van der Waals surface area contributed by atoms with Gasteiger partial charge in [0, 0.05) is 16.5 Å². The van der Waals surface area contributed by atoms with Crippen molar-refractivity contribution < 1.29 is 19.4 Å². The summed E-state index contributed by atoms with van der Waals surface area (Å²) in [7, 11) is 0. The Balaban J connectivity index is 2.21. The van der Waals surface area contributed by atoms with Crippen molar-refractivity contribution in [1.82, 2.24) is 4.90 Å². The number of ether oxygens (including phenoxy) is 1. The van der Waals surface area contributed by atoms with E-state index in [1.165, 1.54) is 16.7 Å². The Labute approximate surface area is 132 Å². The van der Waals surface area contributed by atoms with E-state index in [2.05, 4.69) is 0 Å². The Morgan fingerprint density at radius 1 is 1.52 bits per heavy atom. The minimum absolute atomic E-state index is 0.0625. The summed E-state index contributed by atoms with van der Waals surface area (Å²) < 4.78 is 5.13. The van der Waals surface area contributed by atoms with Crippen LogP contribution >= 0.6 is 23.4 Å². The number of benzene rings is 1. The molecule has 1 aliphatic rings. The van der Waals surface area contributed by atoms with Gasteiger partial charge in [-0.3, -0.25) is 4.79 Å². The zero-order valence-electron chi connectivity index (χ0n) is 11.5. The van der Waals surface area contributed by atoms with E-state index in [0.717, 1.165) is 10.6 Å². The molecule has 5 nitrogen and oxygen atoms in total. The van der Waals surface area contributed by atoms with E-state index in [0.29, 0.717) is 17.1 Å². The van der Waals surface area contributed by atoms with E-state index in [4.69, 9.17) is 21.4 Å². The smallest absolute Gasteiger partial charge is 0.334 e. The third-order valence-electron chi connectivity index (χ3n) is 3.10. The van der Waals surface area contributed by atoms with Crippen LogP contribution in [-0.2, 0) is 9.53 Å². The lowest BCUT2D eigenvalue weighted by Crippen LogP contribution is -2.48. The van der Waals surface area contributed by atoms with Crippen LogP contribution in [0.25, 0.3) is 0 Å². The normalized spacial score (nSPS) is 18.6. The summed E-state index contributed by atoms with van der Waals surface area (Å²) in [6.45, 7) is 2.68. The van der Waals surface area contributed by atoms with E-state index in [1.54, 1.807) is 18.2 Å². The predicted octanol–water partition coefficient (Wildman–Crippen LogP) is 2.38. The molecule has 1 heterocycles. The maximum atomic E-state index is 12.6. The first-order valence-corrected chi connectivity index (χ1v) is 7.95. The summed E-state index contributed by atoms with van der Waals surface area (Å²) >= 11 is 7.51. The fourth-order valence-corrected chi connectivity index (χ4v) is 3.17. The molecule has 0 radical (unpaired) electrons. The molecule has 1 N–H and O–H groups in total. The van der Waals surface area contributed by atoms with Gasteiger partial charge in [0.15, 0.2) is 6.10 Å². The monoisotopic (exact) mass is 329 g/mol. The highest BCUT2D eigenvalue weighted by atomic mass is 35.5. The first kappa shape index (κ1) is 16.1. The Morgan fingerprint density at radius 3 is 2.95 bits per heavy atom. The second-order valence-corrected chi connectivity index (χ2v) is 6.26. The average molecular weight is 330 g/mol. The molecule has 7 heteroatoms. The zero-order valence-corrected chi connectivity index (χ0v) is 13.1. The van der Waals surface area contributed by atoms with Crippen LogP contribution in [0.1, 0.15) is 17.3 Å². The van der Waals surface area contributed by atoms with Gasteiger partial charge in [0.1, 0.15) is 0 Å². The van der Waals surface area contributed by atoms with Crippen molar-refractivity contribution >= 4 is 35.2 Å². The van der Waals surface area contributed by atoms with Crippen molar-refractivity contribution in [2.75, 3.05) is 25.4 Å². The summed E-state index contributed by atoms with van der Waals surface area (Å²) in [4.78, 5) is 25.9. The maximum Gasteiger partial charge on any atom is 0.334 e. The van der Waals surface area contributed by atoms with Crippen LogP contribution in [0.2, 0.25) is 5.02 Å². The average Bonchev–Trinajstić information content (AvgIpc) is 2.47. The molecule has 1 aromatic carbocycles. The Kier molecular flexibility index (Phi) is 5.50. The van der Waals surface area contributed by atoms with E-state index in [1.807, 2.05) is 6.92 Å². The molecule has 0 aromatic heterocycles. The summed E-state index contributed by atoms with van der Waals surface area (Å²) in [6, 6.07) is 5.12. The lowest BCUT2D eigenvalue weighted by atomic mass is 10.1. The fraction of sp³-hybridized carbons (Fsp3) is 0.429. The molecule has 1 aromatic rings. The number of hydrogen-bond acceptors (Lipinski definition) is 4. The molecule has 1 aliphatic heterocycles. The third kappa shape index (κ3) is 3.90. The second-order valence-electron chi connectivity index (χ2n) is 4.52. The van der Waals surface area contributed by atoms with Gasteiger partial charge in [0.2, 0.25) is 0 Å². The highest BCUT2D eigenvalue weighted by Gasteiger charge is 2.30. The number of carbonyl (C=O) groups is 2. The molecule has 21 heavy (non-hydrogen) atoms. The van der Waals surface area contributed by atoms with Crippen LogP contribution in [0.15, 0.2) is 23.1 Å². The van der Waals surface area contributed by atoms with Crippen LogP contribution < -0.4 is 0 Å². The van der Waals surface area contributed by atoms with Gasteiger partial charge in [-0.25, -0.2) is 4.79 Å². The molecule has 2 rings (SSSR count). The molecular formula is C14H16ClNO4S. The van der Waals surface area contributed by atoms with E-state index >= 15 is 0 Å². The van der Waals surface area contributed by atoms with Crippen LogP contribution in [-0.4, -0.2) is 53.4 Å². The number of carbonyl (C=O) groups excluding carboxylic acids is 1. The van der Waals surface area contributed by atoms with Crippen molar-refractivity contribution in [3.8, 4) is 0 Å². The van der Waals surface area contributed by atoms with E-state index < -0.39 is 12.1 Å². The van der Waals surface area contributed by atoms with Crippen molar-refractivity contribution in [1.29, 1.82) is 0 Å². The Hall–Kier alpha value is -1.24. The number of thioether (sulfide) groups is 1. The molecule has 1 saturated heterocycles. The third-order valence-corrected chi connectivity index (χ3v) is 4.28. The lowest BCUT2D eigenvalue weighted by Gasteiger charge is -2.31. The fourth-order valence-electron chi connectivity index (χ4n) is 2.10. The number of halogens is 1. The van der Waals surface area contributed by atoms with Crippen LogP contribution in [0.5, 0.6) is 0 Å². The lowest BCUT2D eigenvalue weighted by molar-refractivity contribution is -0.154. The number of rotatable bonds is 4. The summed E-state index contributed by atoms with van der Waals surface area (Å²) in [5.74, 6) is -0.412. The van der Waals surface area contributed by atoms with Crippen LogP contribution in [0.4, 0.5) is 0 Å². The quantitative estimate of drug-likeness (QED) is 0.859. The van der Waals surface area contributed by atoms with Gasteiger partial charge >= 0.3 is 5.97 Å². The molecule has 1 amide bonds. The minimum atomic E-state index is -1.05. The number of hydrogen-bond donors (Lipinski definition) is 1. The molecule has 1 atom stereocenters. The first-order valence-electron chi connectivity index (χ1n) is 6.59. The first-order chi connectivity index (χ1) is 10.0. The van der Waals surface area contributed by atoms with Gasteiger partial charge in [-0.2, -0.15) is 0 Å². The number of carboxylic acids is 1. The Bertz CT molecular complexity index is 552. The topological polar surface area (TPSA) is 66.8 Å². The van der Waals surface area contributed by atoms with Gasteiger partial charge in [-0.1, -0.05) is 18.5 Å². The predicted molar refractivity (Wildman–Crippen MR) is 81.1 cm³/mol. The highest BCUT2D eigenvalue weighted by molar-refractivity contribution is 7.99. The number of aliphatic carboxylic acids is 1. The summed E-state index contributed by atoms with van der Waals surface area (Å²) in [5, 5.41) is 9.58. The summed E-state index contributed by atoms with van der Waals surface area (Å²) in [6.07, 6.45) is -0.961. The SMILES string of the molecule is CCSc1cc(Cl)ccc1C(=O)N1CCOC(C(=O)O)C1. The second kappa shape index (κ2) is 7.15. The van der Waals surface area contributed by atoms with Crippen LogP contribution in [0, 0.1) is 0 Å². The zero-order chi connectivity index (χ0) is 15.4. The molecule has 0 bridgehead atoms. The standard InChI is InChI=1S/C14H16ClNO4S/c1-2-21-12-7-9(15)3-4-10(12)13(17)16-5-6-20-11(8-16)14(18)19/h3-4,7,11H,2,5-6,8H2,1H3,(H,18,19). The molecular weight excluding hydrogens is 314 g/mol. The summed E-state index contributed by atoms with van der Waals surface area (Å²) in [5.41, 5.74) is 0.553. The van der Waals surface area contributed by atoms with E-state index in [9.17, 15) is 9.59 Å². The van der Waals surface area contributed by atoms with Crippen molar-refractivity contribution in [3.63, 3.8) is 0 Å². The highest BCUT2D eigenvalue weighted by Crippen LogP contribution is 2.27. The largest absolute Gasteiger partial charge is 0.479 e. The molecule has 0 saturated carbocycles.